The molecule has 9 nitrogen and oxygen atoms in total. The Morgan fingerprint density at radius 2 is 1.92 bits per heavy atom. The van der Waals surface area contributed by atoms with Crippen LogP contribution in [0.25, 0.3) is 10.9 Å². The van der Waals surface area contributed by atoms with E-state index in [0.717, 1.165) is 45.4 Å². The van der Waals surface area contributed by atoms with Crippen LogP contribution in [0.1, 0.15) is 56.7 Å². The van der Waals surface area contributed by atoms with E-state index in [9.17, 15) is 23.6 Å². The maximum Gasteiger partial charge on any atom is 0.408 e. The quantitative estimate of drug-likeness (QED) is 0.194. The molecule has 0 saturated carbocycles. The lowest BCUT2D eigenvalue weighted by atomic mass is 9.85. The topological polar surface area (TPSA) is 101 Å². The van der Waals surface area contributed by atoms with Gasteiger partial charge in [0.1, 0.15) is 12.3 Å². The van der Waals surface area contributed by atoms with Crippen LogP contribution in [0.3, 0.4) is 0 Å². The Kier molecular flexibility index (Phi) is 9.68. The monoisotopic (exact) mass is 672 g/mol. The number of ketones is 1. The lowest BCUT2D eigenvalue weighted by Gasteiger charge is -2.37. The van der Waals surface area contributed by atoms with Crippen LogP contribution >= 0.6 is 11.3 Å². The first-order chi connectivity index (χ1) is 23.0. The second-order valence-electron chi connectivity index (χ2n) is 13.5. The summed E-state index contributed by atoms with van der Waals surface area (Å²) in [5.41, 5.74) is 4.13. The number of thiophene rings is 1. The third kappa shape index (κ3) is 7.16. The average molecular weight is 673 g/mol. The standard InChI is InChI=1S/C37H41FN4O5S/c1-37(2,3)47-36(46)39-29(19-27-22-40(16-14-38)30-10-5-4-9-28(27)30)32(43)20-26-18-25-8-6-11-31(41-15-7-12-33(41)44)34(25)42(35(26)45)21-24-13-17-48-23-24/h4-6,8-11,13,17,22-23,26,29H,7,12,14-16,18-21H2,1-3H3,(H,39,46)/t26?,29-/m1/s1. The van der Waals surface area contributed by atoms with Gasteiger partial charge in [0, 0.05) is 48.8 Å². The second kappa shape index (κ2) is 13.9. The van der Waals surface area contributed by atoms with Gasteiger partial charge in [-0.05, 0) is 79.3 Å². The normalized spacial score (nSPS) is 17.1. The number of aryl methyl sites for hydroxylation is 1. The molecule has 2 atom stereocenters. The first-order valence-corrected chi connectivity index (χ1v) is 17.4. The summed E-state index contributed by atoms with van der Waals surface area (Å²) in [6.45, 7) is 5.77. The number of hydrogen-bond donors (Lipinski definition) is 1. The molecule has 1 fully saturated rings. The number of nitrogens with one attached hydrogen (secondary N) is 1. The predicted octanol–water partition coefficient (Wildman–Crippen LogP) is 6.60. The lowest BCUT2D eigenvalue weighted by molar-refractivity contribution is -0.129. The smallest absolute Gasteiger partial charge is 0.408 e. The van der Waals surface area contributed by atoms with Crippen molar-refractivity contribution in [3.8, 4) is 0 Å². The minimum absolute atomic E-state index is 0.0348. The van der Waals surface area contributed by atoms with Gasteiger partial charge in [-0.25, -0.2) is 9.18 Å². The third-order valence-electron chi connectivity index (χ3n) is 8.88. The number of amides is 3. The Labute approximate surface area is 283 Å². The molecular weight excluding hydrogens is 631 g/mol. The van der Waals surface area contributed by atoms with E-state index < -0.39 is 30.3 Å². The van der Waals surface area contributed by atoms with Crippen LogP contribution in [0, 0.1) is 5.92 Å². The minimum atomic E-state index is -0.988. The fraction of sp³-hybridized carbons (Fsp3) is 0.405. The number of ether oxygens (including phenoxy) is 1. The van der Waals surface area contributed by atoms with Crippen LogP contribution in [-0.2, 0) is 45.1 Å². The van der Waals surface area contributed by atoms with E-state index in [1.54, 1.807) is 41.9 Å². The Hall–Kier alpha value is -4.51. The summed E-state index contributed by atoms with van der Waals surface area (Å²) in [4.78, 5) is 57.9. The molecule has 3 amide bonds. The van der Waals surface area contributed by atoms with E-state index in [-0.39, 0.29) is 37.0 Å². The molecule has 4 heterocycles. The maximum absolute atomic E-state index is 14.4. The summed E-state index contributed by atoms with van der Waals surface area (Å²) >= 11 is 1.54. The Bertz CT molecular complexity index is 1830. The maximum atomic E-state index is 14.4. The molecule has 11 heteroatoms. The summed E-state index contributed by atoms with van der Waals surface area (Å²) in [5.74, 6) is -1.14. The number of carbonyl (C=O) groups is 4. The molecule has 6 rings (SSSR count). The molecule has 2 aliphatic rings. The summed E-state index contributed by atoms with van der Waals surface area (Å²) in [6.07, 6.45) is 2.70. The van der Waals surface area contributed by atoms with Gasteiger partial charge >= 0.3 is 6.09 Å². The first-order valence-electron chi connectivity index (χ1n) is 16.4. The molecule has 1 N–H and O–H groups in total. The third-order valence-corrected chi connectivity index (χ3v) is 9.61. The zero-order valence-electron chi connectivity index (χ0n) is 27.5. The van der Waals surface area contributed by atoms with Crippen LogP contribution in [-0.4, -0.2) is 53.1 Å². The highest BCUT2D eigenvalue weighted by Crippen LogP contribution is 2.42. The van der Waals surface area contributed by atoms with E-state index in [1.165, 1.54) is 0 Å². The number of Topliss-reactive ketones (excluding diaryl/α,β-unsaturated/α-hetero) is 1. The van der Waals surface area contributed by atoms with Gasteiger partial charge in [-0.1, -0.05) is 30.3 Å². The molecule has 0 radical (unpaired) electrons. The average Bonchev–Trinajstić information content (AvgIpc) is 3.79. The van der Waals surface area contributed by atoms with Crippen molar-refractivity contribution in [2.45, 2.75) is 77.6 Å². The number of hydrogen-bond acceptors (Lipinski definition) is 6. The molecule has 48 heavy (non-hydrogen) atoms. The van der Waals surface area contributed by atoms with Crippen molar-refractivity contribution in [2.75, 3.05) is 23.0 Å². The Balaban J connectivity index is 1.32. The van der Waals surface area contributed by atoms with Gasteiger partial charge < -0.3 is 24.4 Å². The molecule has 1 unspecified atom stereocenters. The highest BCUT2D eigenvalue weighted by atomic mass is 32.1. The molecular formula is C37H41FN4O5S. The number of anilines is 2. The van der Waals surface area contributed by atoms with Gasteiger partial charge in [-0.2, -0.15) is 11.3 Å². The largest absolute Gasteiger partial charge is 0.444 e. The number of fused-ring (bicyclic) bond motifs is 2. The fourth-order valence-corrected chi connectivity index (χ4v) is 7.46. The van der Waals surface area contributed by atoms with E-state index >= 15 is 0 Å². The van der Waals surface area contributed by atoms with Crippen molar-refractivity contribution < 1.29 is 28.3 Å². The number of rotatable bonds is 11. The molecule has 2 aromatic carbocycles. The van der Waals surface area contributed by atoms with Crippen LogP contribution in [0.4, 0.5) is 20.6 Å². The van der Waals surface area contributed by atoms with Gasteiger partial charge in [0.2, 0.25) is 11.8 Å². The second-order valence-corrected chi connectivity index (χ2v) is 14.3. The van der Waals surface area contributed by atoms with Crippen molar-refractivity contribution in [3.63, 3.8) is 0 Å². The minimum Gasteiger partial charge on any atom is -0.444 e. The summed E-state index contributed by atoms with van der Waals surface area (Å²) < 4.78 is 20.8. The van der Waals surface area contributed by atoms with Crippen molar-refractivity contribution in [1.82, 2.24) is 9.88 Å². The van der Waals surface area contributed by atoms with E-state index in [1.807, 2.05) is 70.1 Å². The molecule has 2 aliphatic heterocycles. The zero-order valence-corrected chi connectivity index (χ0v) is 28.4. The number of benzene rings is 2. The summed E-state index contributed by atoms with van der Waals surface area (Å²) in [7, 11) is 0. The number of nitrogens with zero attached hydrogens (tertiary/aromatic N) is 3. The molecule has 0 spiro atoms. The van der Waals surface area contributed by atoms with Crippen molar-refractivity contribution in [3.05, 3.63) is 82.2 Å². The van der Waals surface area contributed by atoms with Crippen molar-refractivity contribution >= 4 is 57.3 Å². The van der Waals surface area contributed by atoms with Gasteiger partial charge in [-0.3, -0.25) is 14.4 Å². The fourth-order valence-electron chi connectivity index (χ4n) is 6.80. The van der Waals surface area contributed by atoms with Crippen LogP contribution in [0.5, 0.6) is 0 Å². The molecule has 252 valence electrons. The van der Waals surface area contributed by atoms with E-state index in [4.69, 9.17) is 4.74 Å². The molecule has 0 aliphatic carbocycles. The molecule has 2 aromatic heterocycles. The molecule has 4 aromatic rings. The zero-order chi connectivity index (χ0) is 34.0. The van der Waals surface area contributed by atoms with Crippen molar-refractivity contribution in [1.29, 1.82) is 0 Å². The Morgan fingerprint density at radius 1 is 1.10 bits per heavy atom. The van der Waals surface area contributed by atoms with Crippen molar-refractivity contribution in [2.24, 2.45) is 5.92 Å². The first kappa shape index (κ1) is 33.4. The lowest BCUT2D eigenvalue weighted by Crippen LogP contribution is -2.47. The highest BCUT2D eigenvalue weighted by molar-refractivity contribution is 7.07. The highest BCUT2D eigenvalue weighted by Gasteiger charge is 2.39. The molecule has 1 saturated heterocycles. The summed E-state index contributed by atoms with van der Waals surface area (Å²) in [5, 5.41) is 7.60. The number of halogens is 1. The number of carbonyl (C=O) groups excluding carboxylic acids is 4. The number of alkyl carbamates (subject to hydrolysis) is 1. The summed E-state index contributed by atoms with van der Waals surface area (Å²) in [6, 6.07) is 14.3. The number of alkyl halides is 1. The van der Waals surface area contributed by atoms with E-state index in [2.05, 4.69) is 5.32 Å². The van der Waals surface area contributed by atoms with Crippen LogP contribution in [0.15, 0.2) is 65.5 Å². The van der Waals surface area contributed by atoms with Gasteiger partial charge in [0.05, 0.1) is 30.5 Å². The van der Waals surface area contributed by atoms with E-state index in [0.29, 0.717) is 25.9 Å². The van der Waals surface area contributed by atoms with Crippen LogP contribution in [0.2, 0.25) is 0 Å². The van der Waals surface area contributed by atoms with Gasteiger partial charge in [0.25, 0.3) is 0 Å². The van der Waals surface area contributed by atoms with Gasteiger partial charge in [-0.15, -0.1) is 0 Å². The Morgan fingerprint density at radius 3 is 2.62 bits per heavy atom. The van der Waals surface area contributed by atoms with Crippen LogP contribution < -0.4 is 15.1 Å². The van der Waals surface area contributed by atoms with Gasteiger partial charge in [0.15, 0.2) is 5.78 Å². The molecule has 0 bridgehead atoms. The number of para-hydroxylation sites is 2. The SMILES string of the molecule is CC(C)(C)OC(=O)N[C@H](Cc1cn(CCF)c2ccccc12)C(=O)CC1Cc2cccc(N3CCCC3=O)c2N(Cc2ccsc2)C1=O. The number of aromatic nitrogens is 1. The predicted molar refractivity (Wildman–Crippen MR) is 185 cm³/mol.